The van der Waals surface area contributed by atoms with Crippen molar-refractivity contribution in [1.82, 2.24) is 15.5 Å². The zero-order chi connectivity index (χ0) is 21.2. The van der Waals surface area contributed by atoms with E-state index in [0.717, 1.165) is 24.6 Å². The zero-order valence-corrected chi connectivity index (χ0v) is 21.1. The van der Waals surface area contributed by atoms with Crippen LogP contribution in [0.3, 0.4) is 0 Å². The maximum atomic E-state index is 11.8. The first-order chi connectivity index (χ1) is 14.7. The lowest BCUT2D eigenvalue weighted by atomic mass is 9.98. The lowest BCUT2D eigenvalue weighted by Gasteiger charge is -2.32. The number of piperidine rings is 1. The fraction of sp³-hybridized carbons (Fsp3) is 0.652. The van der Waals surface area contributed by atoms with Crippen LogP contribution < -0.4 is 15.4 Å². The van der Waals surface area contributed by atoms with Crippen LogP contribution in [0.4, 0.5) is 4.79 Å². The summed E-state index contributed by atoms with van der Waals surface area (Å²) in [6, 6.07) is 8.64. The van der Waals surface area contributed by atoms with Gasteiger partial charge in [0.1, 0.15) is 5.75 Å². The maximum absolute atomic E-state index is 11.8. The van der Waals surface area contributed by atoms with E-state index in [1.807, 2.05) is 6.92 Å². The monoisotopic (exact) mass is 544 g/mol. The fourth-order valence-corrected chi connectivity index (χ4v) is 4.06. The second kappa shape index (κ2) is 13.6. The third-order valence-corrected chi connectivity index (χ3v) is 5.82. The van der Waals surface area contributed by atoms with E-state index in [2.05, 4.69) is 39.9 Å². The van der Waals surface area contributed by atoms with Crippen molar-refractivity contribution in [3.8, 4) is 5.75 Å². The number of nitrogens with one attached hydrogen (secondary N) is 2. The Bertz CT molecular complexity index is 685. The van der Waals surface area contributed by atoms with Crippen LogP contribution in [0.2, 0.25) is 0 Å². The van der Waals surface area contributed by atoms with E-state index in [-0.39, 0.29) is 30.1 Å². The van der Waals surface area contributed by atoms with E-state index >= 15 is 0 Å². The first kappa shape index (κ1) is 25.5. The van der Waals surface area contributed by atoms with Gasteiger partial charge in [0.05, 0.1) is 12.7 Å². The molecule has 31 heavy (non-hydrogen) atoms. The average molecular weight is 544 g/mol. The molecule has 1 aromatic rings. The van der Waals surface area contributed by atoms with E-state index in [0.29, 0.717) is 38.4 Å². The van der Waals surface area contributed by atoms with Gasteiger partial charge in [-0.3, -0.25) is 4.99 Å². The summed E-state index contributed by atoms with van der Waals surface area (Å²) in [6.45, 7) is 4.36. The van der Waals surface area contributed by atoms with Gasteiger partial charge in [0.2, 0.25) is 0 Å². The number of benzene rings is 1. The summed E-state index contributed by atoms with van der Waals surface area (Å²) >= 11 is 0. The van der Waals surface area contributed by atoms with Gasteiger partial charge in [0, 0.05) is 32.7 Å². The Kier molecular flexibility index (Phi) is 11.2. The summed E-state index contributed by atoms with van der Waals surface area (Å²) in [6.07, 6.45) is 8.16. The molecule has 174 valence electrons. The number of aliphatic imine (C=N–C) groups is 1. The fourth-order valence-electron chi connectivity index (χ4n) is 4.06. The molecule has 0 aromatic heterocycles. The van der Waals surface area contributed by atoms with Crippen molar-refractivity contribution in [2.45, 2.75) is 70.6 Å². The van der Waals surface area contributed by atoms with E-state index in [4.69, 9.17) is 9.47 Å². The zero-order valence-electron chi connectivity index (χ0n) is 18.8. The summed E-state index contributed by atoms with van der Waals surface area (Å²) in [5.74, 6) is 1.74. The third kappa shape index (κ3) is 8.38. The van der Waals surface area contributed by atoms with E-state index in [9.17, 15) is 4.79 Å². The van der Waals surface area contributed by atoms with Gasteiger partial charge in [0.15, 0.2) is 5.96 Å². The Hall–Kier alpha value is -1.71. The predicted molar refractivity (Wildman–Crippen MR) is 134 cm³/mol. The predicted octanol–water partition coefficient (Wildman–Crippen LogP) is 4.30. The topological polar surface area (TPSA) is 75.2 Å². The highest BCUT2D eigenvalue weighted by molar-refractivity contribution is 14.0. The van der Waals surface area contributed by atoms with Crippen LogP contribution in [-0.4, -0.2) is 55.8 Å². The Morgan fingerprint density at radius 3 is 2.39 bits per heavy atom. The molecule has 0 spiro atoms. The number of hydrogen-bond donors (Lipinski definition) is 2. The minimum absolute atomic E-state index is 0. The molecule has 0 radical (unpaired) electrons. The van der Waals surface area contributed by atoms with Crippen molar-refractivity contribution in [3.63, 3.8) is 0 Å². The molecule has 3 rings (SSSR count). The first-order valence-corrected chi connectivity index (χ1v) is 11.3. The average Bonchev–Trinajstić information content (AvgIpc) is 2.79. The highest BCUT2D eigenvalue weighted by Gasteiger charge is 2.24. The molecular weight excluding hydrogens is 507 g/mol. The summed E-state index contributed by atoms with van der Waals surface area (Å²) < 4.78 is 11.2. The number of ether oxygens (including phenoxy) is 2. The Labute approximate surface area is 203 Å². The van der Waals surface area contributed by atoms with Gasteiger partial charge in [-0.2, -0.15) is 0 Å². The molecule has 7 nitrogen and oxygen atoms in total. The lowest BCUT2D eigenvalue weighted by molar-refractivity contribution is 0.0963. The van der Waals surface area contributed by atoms with Gasteiger partial charge in [-0.15, -0.1) is 24.0 Å². The van der Waals surface area contributed by atoms with Crippen molar-refractivity contribution in [1.29, 1.82) is 0 Å². The molecule has 1 amide bonds. The van der Waals surface area contributed by atoms with Crippen LogP contribution >= 0.6 is 24.0 Å². The van der Waals surface area contributed by atoms with Gasteiger partial charge in [-0.25, -0.2) is 4.79 Å². The van der Waals surface area contributed by atoms with Crippen LogP contribution in [0.15, 0.2) is 29.3 Å². The van der Waals surface area contributed by atoms with Gasteiger partial charge >= 0.3 is 6.09 Å². The van der Waals surface area contributed by atoms with Gasteiger partial charge in [0.25, 0.3) is 0 Å². The first-order valence-electron chi connectivity index (χ1n) is 11.3. The minimum Gasteiger partial charge on any atom is -0.490 e. The number of hydrogen-bond acceptors (Lipinski definition) is 4. The van der Waals surface area contributed by atoms with Gasteiger partial charge in [-0.05, 0) is 63.1 Å². The Morgan fingerprint density at radius 1 is 1.10 bits per heavy atom. The molecule has 1 aromatic carbocycles. The standard InChI is InChI=1S/C23H36N4O3.HI/c1-3-29-23(28)27-15-13-19(14-16-27)26-22(24-2)25-17-18-9-11-21(12-10-18)30-20-7-5-4-6-8-20;/h9-12,19-20H,3-8,13-17H2,1-2H3,(H2,24,25,26);1H. The van der Waals surface area contributed by atoms with Crippen LogP contribution in [0.1, 0.15) is 57.4 Å². The number of carbonyl (C=O) groups excluding carboxylic acids is 1. The normalized spacial score (nSPS) is 18.1. The van der Waals surface area contributed by atoms with Crippen molar-refractivity contribution in [2.75, 3.05) is 26.7 Å². The molecule has 0 bridgehead atoms. The molecule has 0 unspecified atom stereocenters. The van der Waals surface area contributed by atoms with Crippen molar-refractivity contribution >= 4 is 36.0 Å². The molecule has 1 saturated carbocycles. The summed E-state index contributed by atoms with van der Waals surface area (Å²) in [7, 11) is 1.78. The number of likely N-dealkylation sites (tertiary alicyclic amines) is 1. The van der Waals surface area contributed by atoms with Gasteiger partial charge in [-0.1, -0.05) is 18.6 Å². The molecule has 2 N–H and O–H groups in total. The highest BCUT2D eigenvalue weighted by atomic mass is 127. The number of nitrogens with zero attached hydrogens (tertiary/aromatic N) is 2. The largest absolute Gasteiger partial charge is 0.490 e. The van der Waals surface area contributed by atoms with Crippen molar-refractivity contribution in [3.05, 3.63) is 29.8 Å². The molecular formula is C23H37IN4O3. The summed E-state index contributed by atoms with van der Waals surface area (Å²) in [5.41, 5.74) is 1.19. The second-order valence-electron chi connectivity index (χ2n) is 8.05. The second-order valence-corrected chi connectivity index (χ2v) is 8.05. The van der Waals surface area contributed by atoms with Gasteiger partial charge < -0.3 is 25.0 Å². The van der Waals surface area contributed by atoms with Crippen LogP contribution in [0, 0.1) is 0 Å². The Morgan fingerprint density at radius 2 is 1.77 bits per heavy atom. The van der Waals surface area contributed by atoms with Crippen molar-refractivity contribution in [2.24, 2.45) is 4.99 Å². The summed E-state index contributed by atoms with van der Waals surface area (Å²) in [4.78, 5) is 17.9. The number of guanidine groups is 1. The molecule has 8 heteroatoms. The minimum atomic E-state index is -0.214. The molecule has 2 aliphatic rings. The van der Waals surface area contributed by atoms with Crippen LogP contribution in [-0.2, 0) is 11.3 Å². The van der Waals surface area contributed by atoms with Crippen molar-refractivity contribution < 1.29 is 14.3 Å². The molecule has 1 saturated heterocycles. The molecule has 1 aliphatic carbocycles. The van der Waals surface area contributed by atoms with Crippen LogP contribution in [0.25, 0.3) is 0 Å². The third-order valence-electron chi connectivity index (χ3n) is 5.82. The molecule has 1 aliphatic heterocycles. The maximum Gasteiger partial charge on any atom is 0.409 e. The number of rotatable bonds is 6. The SMILES string of the molecule is CCOC(=O)N1CCC(NC(=NC)NCc2ccc(OC3CCCCC3)cc2)CC1.I. The van der Waals surface area contributed by atoms with E-state index in [1.165, 1.54) is 37.7 Å². The Balaban J connectivity index is 0.00000341. The molecule has 0 atom stereocenters. The number of amides is 1. The van der Waals surface area contributed by atoms with E-state index < -0.39 is 0 Å². The highest BCUT2D eigenvalue weighted by Crippen LogP contribution is 2.23. The quantitative estimate of drug-likeness (QED) is 0.318. The summed E-state index contributed by atoms with van der Waals surface area (Å²) in [5, 5.41) is 6.85. The lowest BCUT2D eigenvalue weighted by Crippen LogP contribution is -2.49. The number of carbonyl (C=O) groups is 1. The molecule has 1 heterocycles. The number of halogens is 1. The van der Waals surface area contributed by atoms with Crippen LogP contribution in [0.5, 0.6) is 5.75 Å². The smallest absolute Gasteiger partial charge is 0.409 e. The molecule has 2 fully saturated rings. The van der Waals surface area contributed by atoms with E-state index in [1.54, 1.807) is 11.9 Å².